The second-order valence-corrected chi connectivity index (χ2v) is 7.51. The molecule has 0 aliphatic carbocycles. The molecule has 2 aromatic heterocycles. The van der Waals surface area contributed by atoms with Gasteiger partial charge in [-0.05, 0) is 27.2 Å². The average Bonchev–Trinajstić information content (AvgIpc) is 3.17. The van der Waals surface area contributed by atoms with Gasteiger partial charge in [0, 0.05) is 36.0 Å². The maximum Gasteiger partial charge on any atom is 0.225 e. The first-order valence-corrected chi connectivity index (χ1v) is 9.81. The van der Waals surface area contributed by atoms with E-state index in [0.717, 1.165) is 28.3 Å². The summed E-state index contributed by atoms with van der Waals surface area (Å²) in [6, 6.07) is 8.32. The van der Waals surface area contributed by atoms with Crippen molar-refractivity contribution in [3.05, 3.63) is 47.1 Å². The first-order chi connectivity index (χ1) is 12.5. The average molecular weight is 372 g/mol. The highest BCUT2D eigenvalue weighted by atomic mass is 32.1. The summed E-state index contributed by atoms with van der Waals surface area (Å²) in [7, 11) is 0. The molecule has 3 aromatic rings. The smallest absolute Gasteiger partial charge is 0.225 e. The van der Waals surface area contributed by atoms with E-state index in [1.165, 1.54) is 5.56 Å². The molecule has 26 heavy (non-hydrogen) atoms. The molecule has 0 unspecified atom stereocenters. The Labute approximate surface area is 158 Å². The van der Waals surface area contributed by atoms with E-state index in [9.17, 15) is 4.79 Å². The van der Waals surface area contributed by atoms with Crippen LogP contribution >= 0.6 is 11.3 Å². The molecule has 6 heteroatoms. The van der Waals surface area contributed by atoms with Gasteiger partial charge in [-0.1, -0.05) is 29.8 Å². The molecule has 2 heterocycles. The second-order valence-electron chi connectivity index (χ2n) is 6.67. The number of hydrogen-bond acceptors (Lipinski definition) is 4. The van der Waals surface area contributed by atoms with Crippen LogP contribution in [0.4, 0.5) is 0 Å². The highest BCUT2D eigenvalue weighted by Gasteiger charge is 2.12. The quantitative estimate of drug-likeness (QED) is 0.612. The van der Waals surface area contributed by atoms with E-state index < -0.39 is 0 Å². The molecule has 0 saturated heterocycles. The molecule has 1 aromatic carbocycles. The Hall–Kier alpha value is -2.18. The monoisotopic (exact) mass is 371 g/mol. The van der Waals surface area contributed by atoms with Gasteiger partial charge in [0.15, 0.2) is 4.96 Å². The van der Waals surface area contributed by atoms with Gasteiger partial charge in [0.1, 0.15) is 0 Å². The number of imidazole rings is 1. The van der Waals surface area contributed by atoms with E-state index >= 15 is 0 Å². The van der Waals surface area contributed by atoms with Gasteiger partial charge in [0.05, 0.1) is 18.2 Å². The topological polar surface area (TPSA) is 55.6 Å². The maximum absolute atomic E-state index is 12.2. The number of fused-ring (bicyclic) bond motifs is 1. The summed E-state index contributed by atoms with van der Waals surface area (Å²) in [5.74, 6) is 0.0276. The Balaban J connectivity index is 1.60. The molecule has 138 valence electrons. The summed E-state index contributed by atoms with van der Waals surface area (Å²) in [6.45, 7) is 7.40. The predicted molar refractivity (Wildman–Crippen MR) is 106 cm³/mol. The fraction of sp³-hybridized carbons (Fsp3) is 0.400. The fourth-order valence-electron chi connectivity index (χ4n) is 2.67. The Morgan fingerprint density at radius 2 is 2.08 bits per heavy atom. The van der Waals surface area contributed by atoms with Gasteiger partial charge in [-0.3, -0.25) is 9.20 Å². The molecular formula is C20H25N3O2S. The number of nitrogens with one attached hydrogen (secondary N) is 1. The van der Waals surface area contributed by atoms with E-state index in [1.54, 1.807) is 11.3 Å². The highest BCUT2D eigenvalue weighted by Crippen LogP contribution is 2.24. The fourth-order valence-corrected chi connectivity index (χ4v) is 3.54. The molecule has 1 N–H and O–H groups in total. The number of benzene rings is 1. The van der Waals surface area contributed by atoms with Gasteiger partial charge in [-0.25, -0.2) is 4.98 Å². The van der Waals surface area contributed by atoms with Crippen LogP contribution in [0, 0.1) is 6.92 Å². The van der Waals surface area contributed by atoms with Crippen LogP contribution in [0.15, 0.2) is 35.8 Å². The summed E-state index contributed by atoms with van der Waals surface area (Å²) in [4.78, 5) is 17.8. The number of nitrogens with zero attached hydrogens (tertiary/aromatic N) is 2. The van der Waals surface area contributed by atoms with Crippen LogP contribution in [-0.2, 0) is 16.0 Å². The third kappa shape index (κ3) is 4.71. The van der Waals surface area contributed by atoms with E-state index in [0.29, 0.717) is 19.6 Å². The van der Waals surface area contributed by atoms with Crippen LogP contribution in [0.2, 0.25) is 0 Å². The Bertz CT molecular complexity index is 865. The molecule has 0 radical (unpaired) electrons. The van der Waals surface area contributed by atoms with Crippen LogP contribution < -0.4 is 5.32 Å². The molecule has 0 bridgehead atoms. The molecule has 5 nitrogen and oxygen atoms in total. The lowest BCUT2D eigenvalue weighted by Crippen LogP contribution is -2.27. The Kier molecular flexibility index (Phi) is 6.06. The van der Waals surface area contributed by atoms with Gasteiger partial charge in [-0.15, -0.1) is 11.3 Å². The zero-order valence-corrected chi connectivity index (χ0v) is 16.3. The SMILES string of the molecule is Cc1ccc(-c2cn3c(CC(=O)NCCCOC(C)C)csc3n2)cc1. The Morgan fingerprint density at radius 1 is 1.31 bits per heavy atom. The molecule has 0 saturated carbocycles. The summed E-state index contributed by atoms with van der Waals surface area (Å²) in [5.41, 5.74) is 4.22. The molecule has 0 atom stereocenters. The number of aromatic nitrogens is 2. The van der Waals surface area contributed by atoms with Gasteiger partial charge < -0.3 is 10.1 Å². The first-order valence-electron chi connectivity index (χ1n) is 8.94. The summed E-state index contributed by atoms with van der Waals surface area (Å²) in [5, 5.41) is 4.96. The molecular weight excluding hydrogens is 346 g/mol. The van der Waals surface area contributed by atoms with Gasteiger partial charge in [-0.2, -0.15) is 0 Å². The minimum absolute atomic E-state index is 0.0276. The van der Waals surface area contributed by atoms with Crippen molar-refractivity contribution in [1.82, 2.24) is 14.7 Å². The standard InChI is InChI=1S/C20H25N3O2S/c1-14(2)25-10-4-9-21-19(24)11-17-13-26-20-22-18(12-23(17)20)16-7-5-15(3)6-8-16/h5-8,12-14H,4,9-11H2,1-3H3,(H,21,24). The zero-order valence-electron chi connectivity index (χ0n) is 15.5. The number of aryl methyl sites for hydroxylation is 1. The molecule has 3 rings (SSSR count). The van der Waals surface area contributed by atoms with Crippen molar-refractivity contribution in [1.29, 1.82) is 0 Å². The number of carbonyl (C=O) groups is 1. The largest absolute Gasteiger partial charge is 0.379 e. The van der Waals surface area contributed by atoms with Gasteiger partial charge in [0.25, 0.3) is 0 Å². The first kappa shape index (κ1) is 18.6. The number of thiazole rings is 1. The molecule has 0 spiro atoms. The molecule has 0 aliphatic heterocycles. The van der Waals surface area contributed by atoms with Crippen molar-refractivity contribution in [2.75, 3.05) is 13.2 Å². The lowest BCUT2D eigenvalue weighted by Gasteiger charge is -2.08. The van der Waals surface area contributed by atoms with Gasteiger partial charge in [0.2, 0.25) is 5.91 Å². The lowest BCUT2D eigenvalue weighted by molar-refractivity contribution is -0.120. The van der Waals surface area contributed by atoms with Crippen LogP contribution in [0.25, 0.3) is 16.2 Å². The van der Waals surface area contributed by atoms with Crippen LogP contribution in [-0.4, -0.2) is 34.5 Å². The predicted octanol–water partition coefficient (Wildman–Crippen LogP) is 3.85. The van der Waals surface area contributed by atoms with Crippen molar-refractivity contribution < 1.29 is 9.53 Å². The molecule has 0 aliphatic rings. The highest BCUT2D eigenvalue weighted by molar-refractivity contribution is 7.15. The molecule has 1 amide bonds. The third-order valence-electron chi connectivity index (χ3n) is 4.07. The number of carbonyl (C=O) groups excluding carboxylic acids is 1. The maximum atomic E-state index is 12.2. The zero-order chi connectivity index (χ0) is 18.5. The third-order valence-corrected chi connectivity index (χ3v) is 4.96. The summed E-state index contributed by atoms with van der Waals surface area (Å²) >= 11 is 1.56. The van der Waals surface area contributed by atoms with Gasteiger partial charge >= 0.3 is 0 Å². The van der Waals surface area contributed by atoms with Crippen molar-refractivity contribution in [2.45, 2.75) is 39.7 Å². The van der Waals surface area contributed by atoms with Crippen molar-refractivity contribution in [3.63, 3.8) is 0 Å². The van der Waals surface area contributed by atoms with E-state index in [-0.39, 0.29) is 12.0 Å². The van der Waals surface area contributed by atoms with E-state index in [2.05, 4.69) is 41.5 Å². The Morgan fingerprint density at radius 3 is 2.81 bits per heavy atom. The number of amides is 1. The number of rotatable bonds is 8. The number of hydrogen-bond donors (Lipinski definition) is 1. The molecule has 0 fully saturated rings. The van der Waals surface area contributed by atoms with Crippen LogP contribution in [0.3, 0.4) is 0 Å². The van der Waals surface area contributed by atoms with Crippen molar-refractivity contribution in [2.24, 2.45) is 0 Å². The minimum atomic E-state index is 0.0276. The number of ether oxygens (including phenoxy) is 1. The lowest BCUT2D eigenvalue weighted by atomic mass is 10.1. The minimum Gasteiger partial charge on any atom is -0.379 e. The normalized spacial score (nSPS) is 11.4. The van der Waals surface area contributed by atoms with Crippen molar-refractivity contribution in [3.8, 4) is 11.3 Å². The van der Waals surface area contributed by atoms with Crippen LogP contribution in [0.1, 0.15) is 31.5 Å². The van der Waals surface area contributed by atoms with E-state index in [4.69, 9.17) is 4.74 Å². The second kappa shape index (κ2) is 8.47. The summed E-state index contributed by atoms with van der Waals surface area (Å²) in [6.07, 6.45) is 3.42. The summed E-state index contributed by atoms with van der Waals surface area (Å²) < 4.78 is 7.49. The van der Waals surface area contributed by atoms with Crippen LogP contribution in [0.5, 0.6) is 0 Å². The van der Waals surface area contributed by atoms with Crippen molar-refractivity contribution >= 4 is 22.2 Å². The van der Waals surface area contributed by atoms with E-state index in [1.807, 2.05) is 29.8 Å².